The quantitative estimate of drug-likeness (QED) is 0.591. The van der Waals surface area contributed by atoms with Gasteiger partial charge < -0.3 is 4.57 Å². The molecule has 0 aliphatic rings. The second-order valence-electron chi connectivity index (χ2n) is 4.71. The maximum absolute atomic E-state index is 12.0. The zero-order valence-corrected chi connectivity index (χ0v) is 13.3. The molecule has 1 heterocycles. The van der Waals surface area contributed by atoms with E-state index in [-0.39, 0.29) is 5.03 Å². The number of halogens is 1. The molecule has 1 aromatic heterocycles. The van der Waals surface area contributed by atoms with Crippen molar-refractivity contribution in [3.63, 3.8) is 0 Å². The smallest absolute Gasteiger partial charge is 0.259 e. The number of aromatic nitrogens is 2. The summed E-state index contributed by atoms with van der Waals surface area (Å²) in [4.78, 5) is 4.07. The van der Waals surface area contributed by atoms with Crippen molar-refractivity contribution < 1.29 is 8.42 Å². The molecule has 0 aliphatic carbocycles. The first kappa shape index (κ1) is 16.5. The lowest BCUT2D eigenvalue weighted by Gasteiger charge is -2.07. The molecular weight excluding hydrogens is 286 g/mol. The SMILES string of the molecule is CCn1cc(S(=O)(=O)NCCCC(C)CCl)nc1C. The van der Waals surface area contributed by atoms with Crippen molar-refractivity contribution in [1.82, 2.24) is 14.3 Å². The number of aryl methyl sites for hydroxylation is 2. The monoisotopic (exact) mass is 307 g/mol. The first-order valence-corrected chi connectivity index (χ1v) is 8.51. The van der Waals surface area contributed by atoms with Gasteiger partial charge in [-0.05, 0) is 32.6 Å². The molecule has 1 unspecified atom stereocenters. The molecule has 1 rings (SSSR count). The minimum atomic E-state index is -3.49. The number of nitrogens with zero attached hydrogens (tertiary/aromatic N) is 2. The molecule has 0 bridgehead atoms. The number of imidazole rings is 1. The Bertz CT molecular complexity index is 499. The second-order valence-corrected chi connectivity index (χ2v) is 6.73. The van der Waals surface area contributed by atoms with Crippen LogP contribution >= 0.6 is 11.6 Å². The van der Waals surface area contributed by atoms with Crippen LogP contribution in [0.1, 0.15) is 32.5 Å². The third kappa shape index (κ3) is 4.78. The van der Waals surface area contributed by atoms with Gasteiger partial charge in [-0.15, -0.1) is 11.6 Å². The Morgan fingerprint density at radius 2 is 2.21 bits per heavy atom. The average molecular weight is 308 g/mol. The van der Waals surface area contributed by atoms with Crippen LogP contribution in [-0.4, -0.2) is 30.4 Å². The first-order chi connectivity index (χ1) is 8.90. The molecule has 1 atom stereocenters. The number of hydrogen-bond donors (Lipinski definition) is 1. The standard InChI is InChI=1S/C12H22ClN3O2S/c1-4-16-9-12(15-11(16)3)19(17,18)14-7-5-6-10(2)8-13/h9-10,14H,4-8H2,1-3H3. The lowest BCUT2D eigenvalue weighted by atomic mass is 10.1. The van der Waals surface area contributed by atoms with Crippen molar-refractivity contribution in [2.45, 2.75) is 45.2 Å². The summed E-state index contributed by atoms with van der Waals surface area (Å²) in [6.07, 6.45) is 3.26. The normalized spacial score (nSPS) is 13.7. The van der Waals surface area contributed by atoms with E-state index >= 15 is 0 Å². The highest BCUT2D eigenvalue weighted by atomic mass is 35.5. The molecule has 0 spiro atoms. The maximum Gasteiger partial charge on any atom is 0.259 e. The Morgan fingerprint density at radius 1 is 1.53 bits per heavy atom. The number of hydrogen-bond acceptors (Lipinski definition) is 3. The molecule has 0 amide bonds. The van der Waals surface area contributed by atoms with Crippen molar-refractivity contribution in [3.05, 3.63) is 12.0 Å². The van der Waals surface area contributed by atoms with Crippen LogP contribution in [-0.2, 0) is 16.6 Å². The molecule has 0 aromatic carbocycles. The van der Waals surface area contributed by atoms with E-state index in [4.69, 9.17) is 11.6 Å². The fourth-order valence-electron chi connectivity index (χ4n) is 1.74. The van der Waals surface area contributed by atoms with E-state index in [1.165, 1.54) is 0 Å². The first-order valence-electron chi connectivity index (χ1n) is 6.50. The lowest BCUT2D eigenvalue weighted by molar-refractivity contribution is 0.542. The molecule has 0 aliphatic heterocycles. The second kappa shape index (κ2) is 7.26. The van der Waals surface area contributed by atoms with Crippen LogP contribution < -0.4 is 4.72 Å². The van der Waals surface area contributed by atoms with Gasteiger partial charge in [-0.3, -0.25) is 0 Å². The van der Waals surface area contributed by atoms with Gasteiger partial charge in [0, 0.05) is 25.2 Å². The third-order valence-electron chi connectivity index (χ3n) is 3.00. The summed E-state index contributed by atoms with van der Waals surface area (Å²) in [5.74, 6) is 1.72. The molecule has 0 fully saturated rings. The number of rotatable bonds is 8. The van der Waals surface area contributed by atoms with Crippen molar-refractivity contribution in [3.8, 4) is 0 Å². The van der Waals surface area contributed by atoms with E-state index in [0.29, 0.717) is 30.7 Å². The van der Waals surface area contributed by atoms with Gasteiger partial charge in [0.1, 0.15) is 5.82 Å². The molecule has 0 radical (unpaired) electrons. The molecule has 0 saturated carbocycles. The summed E-state index contributed by atoms with van der Waals surface area (Å²) in [7, 11) is -3.49. The maximum atomic E-state index is 12.0. The van der Waals surface area contributed by atoms with Crippen molar-refractivity contribution in [1.29, 1.82) is 0 Å². The number of nitrogens with one attached hydrogen (secondary N) is 1. The molecule has 1 aromatic rings. The van der Waals surface area contributed by atoms with Crippen LogP contribution in [0.25, 0.3) is 0 Å². The molecule has 5 nitrogen and oxygen atoms in total. The highest BCUT2D eigenvalue weighted by Gasteiger charge is 2.18. The molecule has 19 heavy (non-hydrogen) atoms. The Morgan fingerprint density at radius 3 is 2.74 bits per heavy atom. The van der Waals surface area contributed by atoms with E-state index in [1.54, 1.807) is 13.1 Å². The van der Waals surface area contributed by atoms with E-state index in [1.807, 2.05) is 18.4 Å². The predicted octanol–water partition coefficient (Wildman–Crippen LogP) is 2.14. The van der Waals surface area contributed by atoms with E-state index in [2.05, 4.69) is 9.71 Å². The van der Waals surface area contributed by atoms with Crippen LogP contribution in [0.5, 0.6) is 0 Å². The fraction of sp³-hybridized carbons (Fsp3) is 0.750. The third-order valence-corrected chi connectivity index (χ3v) is 4.86. The van der Waals surface area contributed by atoms with Crippen molar-refractivity contribution in [2.75, 3.05) is 12.4 Å². The summed E-state index contributed by atoms with van der Waals surface area (Å²) >= 11 is 5.70. The minimum Gasteiger partial charge on any atom is -0.334 e. The number of alkyl halides is 1. The van der Waals surface area contributed by atoms with Crippen molar-refractivity contribution in [2.24, 2.45) is 5.92 Å². The molecular formula is C12H22ClN3O2S. The summed E-state index contributed by atoms with van der Waals surface area (Å²) in [6.45, 7) is 6.92. The average Bonchev–Trinajstić information content (AvgIpc) is 2.76. The highest BCUT2D eigenvalue weighted by Crippen LogP contribution is 2.10. The zero-order chi connectivity index (χ0) is 14.5. The highest BCUT2D eigenvalue weighted by molar-refractivity contribution is 7.89. The summed E-state index contributed by atoms with van der Waals surface area (Å²) in [5, 5.41) is 0.0947. The van der Waals surface area contributed by atoms with Crippen LogP contribution in [0.15, 0.2) is 11.2 Å². The van der Waals surface area contributed by atoms with Gasteiger partial charge in [0.2, 0.25) is 0 Å². The van der Waals surface area contributed by atoms with Gasteiger partial charge in [0.05, 0.1) is 0 Å². The van der Waals surface area contributed by atoms with Gasteiger partial charge in [-0.25, -0.2) is 18.1 Å². The van der Waals surface area contributed by atoms with Gasteiger partial charge >= 0.3 is 0 Å². The Labute approximate surface area is 120 Å². The summed E-state index contributed by atoms with van der Waals surface area (Å²) in [6, 6.07) is 0. The molecule has 7 heteroatoms. The fourth-order valence-corrected chi connectivity index (χ4v) is 2.97. The Hall–Kier alpha value is -0.590. The Balaban J connectivity index is 2.56. The van der Waals surface area contributed by atoms with Gasteiger partial charge in [-0.1, -0.05) is 6.92 Å². The van der Waals surface area contributed by atoms with Crippen molar-refractivity contribution >= 4 is 21.6 Å². The predicted molar refractivity (Wildman–Crippen MR) is 76.9 cm³/mol. The molecule has 110 valence electrons. The van der Waals surface area contributed by atoms with Gasteiger partial charge in [-0.2, -0.15) is 0 Å². The lowest BCUT2D eigenvalue weighted by Crippen LogP contribution is -2.25. The molecule has 0 saturated heterocycles. The molecule has 1 N–H and O–H groups in total. The van der Waals surface area contributed by atoms with E-state index in [9.17, 15) is 8.42 Å². The van der Waals surface area contributed by atoms with Crippen LogP contribution in [0.4, 0.5) is 0 Å². The van der Waals surface area contributed by atoms with Crippen LogP contribution in [0.2, 0.25) is 0 Å². The zero-order valence-electron chi connectivity index (χ0n) is 11.7. The van der Waals surface area contributed by atoms with Crippen LogP contribution in [0, 0.1) is 12.8 Å². The number of sulfonamides is 1. The minimum absolute atomic E-state index is 0.0947. The largest absolute Gasteiger partial charge is 0.334 e. The Kier molecular flexibility index (Phi) is 6.29. The summed E-state index contributed by atoms with van der Waals surface area (Å²) < 4.78 is 28.4. The van der Waals surface area contributed by atoms with E-state index < -0.39 is 10.0 Å². The summed E-state index contributed by atoms with van der Waals surface area (Å²) in [5.41, 5.74) is 0. The van der Waals surface area contributed by atoms with E-state index in [0.717, 1.165) is 12.8 Å². The topological polar surface area (TPSA) is 64.0 Å². The van der Waals surface area contributed by atoms with Gasteiger partial charge in [0.15, 0.2) is 5.03 Å². The van der Waals surface area contributed by atoms with Crippen LogP contribution in [0.3, 0.4) is 0 Å². The van der Waals surface area contributed by atoms with Gasteiger partial charge in [0.25, 0.3) is 10.0 Å².